The standard InChI is InChI=1S/C11H16N2O3S/c1-12-8-7-11(14)13-9-3-5-10(6-4-9)17(2,15)16/h3-6,12H,7-8H2,1-2H3,(H,13,14). The molecule has 1 aromatic rings. The van der Waals surface area contributed by atoms with E-state index in [0.29, 0.717) is 18.7 Å². The lowest BCUT2D eigenvalue weighted by atomic mass is 10.3. The van der Waals surface area contributed by atoms with E-state index < -0.39 is 9.84 Å². The van der Waals surface area contributed by atoms with Crippen LogP contribution in [-0.2, 0) is 14.6 Å². The predicted octanol–water partition coefficient (Wildman–Crippen LogP) is 0.638. The van der Waals surface area contributed by atoms with Crippen LogP contribution in [0, 0.1) is 0 Å². The third-order valence-electron chi connectivity index (χ3n) is 2.17. The van der Waals surface area contributed by atoms with E-state index in [-0.39, 0.29) is 10.8 Å². The van der Waals surface area contributed by atoms with Crippen molar-refractivity contribution in [3.05, 3.63) is 24.3 Å². The summed E-state index contributed by atoms with van der Waals surface area (Å²) in [5.74, 6) is -0.105. The van der Waals surface area contributed by atoms with Crippen LogP contribution in [0.25, 0.3) is 0 Å². The molecule has 5 nitrogen and oxygen atoms in total. The summed E-state index contributed by atoms with van der Waals surface area (Å²) in [6.45, 7) is 0.604. The Morgan fingerprint density at radius 2 is 1.82 bits per heavy atom. The number of amides is 1. The van der Waals surface area contributed by atoms with Crippen LogP contribution in [0.15, 0.2) is 29.2 Å². The van der Waals surface area contributed by atoms with Crippen LogP contribution >= 0.6 is 0 Å². The second-order valence-electron chi connectivity index (χ2n) is 3.70. The second-order valence-corrected chi connectivity index (χ2v) is 5.71. The maximum atomic E-state index is 11.4. The molecule has 0 saturated carbocycles. The first-order chi connectivity index (χ1) is 7.93. The van der Waals surface area contributed by atoms with E-state index in [2.05, 4.69) is 10.6 Å². The number of rotatable bonds is 5. The van der Waals surface area contributed by atoms with Crippen molar-refractivity contribution in [1.82, 2.24) is 5.32 Å². The fourth-order valence-corrected chi connectivity index (χ4v) is 1.88. The maximum Gasteiger partial charge on any atom is 0.225 e. The molecule has 0 bridgehead atoms. The van der Waals surface area contributed by atoms with Gasteiger partial charge in [-0.1, -0.05) is 0 Å². The molecule has 17 heavy (non-hydrogen) atoms. The van der Waals surface area contributed by atoms with E-state index in [1.54, 1.807) is 19.2 Å². The number of anilines is 1. The van der Waals surface area contributed by atoms with Gasteiger partial charge in [-0.25, -0.2) is 8.42 Å². The zero-order valence-corrected chi connectivity index (χ0v) is 10.7. The van der Waals surface area contributed by atoms with Crippen molar-refractivity contribution < 1.29 is 13.2 Å². The Labute approximate surface area is 101 Å². The monoisotopic (exact) mass is 256 g/mol. The van der Waals surface area contributed by atoms with E-state index in [9.17, 15) is 13.2 Å². The molecule has 2 N–H and O–H groups in total. The summed E-state index contributed by atoms with van der Waals surface area (Å²) in [4.78, 5) is 11.6. The first kappa shape index (κ1) is 13.7. The molecule has 0 aromatic heterocycles. The lowest BCUT2D eigenvalue weighted by Crippen LogP contribution is -2.18. The number of carbonyl (C=O) groups excluding carboxylic acids is 1. The van der Waals surface area contributed by atoms with Crippen molar-refractivity contribution >= 4 is 21.4 Å². The van der Waals surface area contributed by atoms with E-state index in [4.69, 9.17) is 0 Å². The summed E-state index contributed by atoms with van der Waals surface area (Å²) in [5.41, 5.74) is 0.596. The summed E-state index contributed by atoms with van der Waals surface area (Å²) >= 11 is 0. The number of hydrogen-bond donors (Lipinski definition) is 2. The molecule has 0 aliphatic rings. The zero-order chi connectivity index (χ0) is 12.9. The van der Waals surface area contributed by atoms with Gasteiger partial charge in [0.15, 0.2) is 9.84 Å². The minimum Gasteiger partial charge on any atom is -0.326 e. The van der Waals surface area contributed by atoms with Crippen LogP contribution < -0.4 is 10.6 Å². The molecule has 0 heterocycles. The van der Waals surface area contributed by atoms with Gasteiger partial charge in [-0.3, -0.25) is 4.79 Å². The van der Waals surface area contributed by atoms with Gasteiger partial charge in [0.2, 0.25) is 5.91 Å². The van der Waals surface area contributed by atoms with Gasteiger partial charge in [0.25, 0.3) is 0 Å². The fraction of sp³-hybridized carbons (Fsp3) is 0.364. The van der Waals surface area contributed by atoms with Gasteiger partial charge in [0, 0.05) is 24.9 Å². The molecule has 0 spiro atoms. The van der Waals surface area contributed by atoms with Crippen molar-refractivity contribution in [2.24, 2.45) is 0 Å². The molecule has 0 aliphatic carbocycles. The zero-order valence-electron chi connectivity index (χ0n) is 9.86. The summed E-state index contributed by atoms with van der Waals surface area (Å²) in [5, 5.41) is 5.55. The summed E-state index contributed by atoms with van der Waals surface area (Å²) in [7, 11) is -1.41. The van der Waals surface area contributed by atoms with Gasteiger partial charge in [-0.2, -0.15) is 0 Å². The highest BCUT2D eigenvalue weighted by molar-refractivity contribution is 7.90. The molecular formula is C11H16N2O3S. The first-order valence-corrected chi connectivity index (χ1v) is 7.07. The Kier molecular flexibility index (Phi) is 4.65. The Hall–Kier alpha value is -1.40. The van der Waals surface area contributed by atoms with Gasteiger partial charge in [0.05, 0.1) is 4.90 Å². The van der Waals surface area contributed by atoms with Crippen LogP contribution in [0.4, 0.5) is 5.69 Å². The summed E-state index contributed by atoms with van der Waals surface area (Å²) in [6.07, 6.45) is 1.53. The van der Waals surface area contributed by atoms with Gasteiger partial charge in [0.1, 0.15) is 0 Å². The van der Waals surface area contributed by atoms with Gasteiger partial charge in [-0.15, -0.1) is 0 Å². The number of nitrogens with one attached hydrogen (secondary N) is 2. The third kappa shape index (κ3) is 4.54. The van der Waals surface area contributed by atoms with Gasteiger partial charge in [-0.05, 0) is 31.3 Å². The molecule has 1 rings (SSSR count). The molecule has 1 amide bonds. The Morgan fingerprint density at radius 3 is 2.29 bits per heavy atom. The van der Waals surface area contributed by atoms with Gasteiger partial charge < -0.3 is 10.6 Å². The van der Waals surface area contributed by atoms with Crippen molar-refractivity contribution in [2.75, 3.05) is 25.2 Å². The largest absolute Gasteiger partial charge is 0.326 e. The van der Waals surface area contributed by atoms with E-state index in [0.717, 1.165) is 6.26 Å². The van der Waals surface area contributed by atoms with Gasteiger partial charge >= 0.3 is 0 Å². The number of sulfone groups is 1. The Balaban J connectivity index is 2.66. The highest BCUT2D eigenvalue weighted by Crippen LogP contribution is 2.13. The van der Waals surface area contributed by atoms with Crippen LogP contribution in [0.1, 0.15) is 6.42 Å². The van der Waals surface area contributed by atoms with Crippen LogP contribution in [0.5, 0.6) is 0 Å². The average Bonchev–Trinajstić information content (AvgIpc) is 2.26. The molecule has 0 fully saturated rings. The summed E-state index contributed by atoms with van der Waals surface area (Å²) < 4.78 is 22.4. The predicted molar refractivity (Wildman–Crippen MR) is 66.7 cm³/mol. The second kappa shape index (κ2) is 5.79. The lowest BCUT2D eigenvalue weighted by molar-refractivity contribution is -0.116. The van der Waals surface area contributed by atoms with Crippen LogP contribution in [0.3, 0.4) is 0 Å². The lowest BCUT2D eigenvalue weighted by Gasteiger charge is -2.05. The van der Waals surface area contributed by atoms with E-state index in [1.165, 1.54) is 12.1 Å². The maximum absolute atomic E-state index is 11.4. The summed E-state index contributed by atoms with van der Waals surface area (Å²) in [6, 6.07) is 6.10. The SMILES string of the molecule is CNCCC(=O)Nc1ccc(S(C)(=O)=O)cc1. The molecular weight excluding hydrogens is 240 g/mol. The van der Waals surface area contributed by atoms with E-state index >= 15 is 0 Å². The fourth-order valence-electron chi connectivity index (χ4n) is 1.25. The molecule has 1 aromatic carbocycles. The first-order valence-electron chi connectivity index (χ1n) is 5.18. The van der Waals surface area contributed by atoms with Crippen LogP contribution in [-0.4, -0.2) is 34.2 Å². The minimum atomic E-state index is -3.18. The molecule has 0 radical (unpaired) electrons. The Morgan fingerprint density at radius 1 is 1.24 bits per heavy atom. The van der Waals surface area contributed by atoms with Crippen molar-refractivity contribution in [3.63, 3.8) is 0 Å². The average molecular weight is 256 g/mol. The van der Waals surface area contributed by atoms with Crippen LogP contribution in [0.2, 0.25) is 0 Å². The highest BCUT2D eigenvalue weighted by Gasteiger charge is 2.07. The molecule has 0 atom stereocenters. The number of carbonyl (C=O) groups is 1. The molecule has 94 valence electrons. The molecule has 6 heteroatoms. The number of benzene rings is 1. The topological polar surface area (TPSA) is 75.3 Å². The molecule has 0 saturated heterocycles. The minimum absolute atomic E-state index is 0.105. The molecule has 0 unspecified atom stereocenters. The quantitative estimate of drug-likeness (QED) is 0.810. The Bertz CT molecular complexity index is 480. The molecule has 0 aliphatic heterocycles. The number of hydrogen-bond acceptors (Lipinski definition) is 4. The van der Waals surface area contributed by atoms with Crippen molar-refractivity contribution in [3.8, 4) is 0 Å². The smallest absolute Gasteiger partial charge is 0.225 e. The van der Waals surface area contributed by atoms with Crippen molar-refractivity contribution in [1.29, 1.82) is 0 Å². The van der Waals surface area contributed by atoms with E-state index in [1.807, 2.05) is 0 Å². The third-order valence-corrected chi connectivity index (χ3v) is 3.30. The van der Waals surface area contributed by atoms with Crippen molar-refractivity contribution in [2.45, 2.75) is 11.3 Å². The normalized spacial score (nSPS) is 11.2. The highest BCUT2D eigenvalue weighted by atomic mass is 32.2.